The van der Waals surface area contributed by atoms with E-state index in [4.69, 9.17) is 4.42 Å². The molecule has 1 aromatic heterocycles. The maximum Gasteiger partial charge on any atom is 0.109 e. The Morgan fingerprint density at radius 1 is 1.33 bits per heavy atom. The highest BCUT2D eigenvalue weighted by Crippen LogP contribution is 2.21. The molecule has 0 fully saturated rings. The summed E-state index contributed by atoms with van der Waals surface area (Å²) < 4.78 is 5.20. The second-order valence-electron chi connectivity index (χ2n) is 3.23. The van der Waals surface area contributed by atoms with Gasteiger partial charge in [0.05, 0.1) is 6.26 Å². The van der Waals surface area contributed by atoms with Crippen LogP contribution in [0.5, 0.6) is 0 Å². The first-order valence-corrected chi connectivity index (χ1v) is 3.15. The highest BCUT2D eigenvalue weighted by molar-refractivity contribution is 5.08. The summed E-state index contributed by atoms with van der Waals surface area (Å²) >= 11 is 0. The summed E-state index contributed by atoms with van der Waals surface area (Å²) in [5, 5.41) is 0. The van der Waals surface area contributed by atoms with Crippen LogP contribution in [-0.4, -0.2) is 0 Å². The highest BCUT2D eigenvalue weighted by atomic mass is 16.3. The van der Waals surface area contributed by atoms with Crippen molar-refractivity contribution in [3.8, 4) is 0 Å². The Bertz CT molecular complexity index is 167. The van der Waals surface area contributed by atoms with E-state index in [0.29, 0.717) is 0 Å². The van der Waals surface area contributed by atoms with E-state index >= 15 is 0 Å². The van der Waals surface area contributed by atoms with Gasteiger partial charge in [0.15, 0.2) is 0 Å². The fourth-order valence-electron chi connectivity index (χ4n) is 0.705. The second-order valence-corrected chi connectivity index (χ2v) is 3.23. The van der Waals surface area contributed by atoms with E-state index < -0.39 is 0 Å². The van der Waals surface area contributed by atoms with Gasteiger partial charge < -0.3 is 4.42 Å². The topological polar surface area (TPSA) is 13.1 Å². The van der Waals surface area contributed by atoms with Crippen LogP contribution in [0.2, 0.25) is 0 Å². The first-order chi connectivity index (χ1) is 4.11. The Morgan fingerprint density at radius 2 is 2.00 bits per heavy atom. The molecule has 0 saturated heterocycles. The second kappa shape index (κ2) is 1.90. The molecule has 50 valence electrons. The van der Waals surface area contributed by atoms with Gasteiger partial charge >= 0.3 is 0 Å². The molecule has 1 rings (SSSR count). The van der Waals surface area contributed by atoms with Crippen LogP contribution in [-0.2, 0) is 5.41 Å². The quantitative estimate of drug-likeness (QED) is 0.518. The summed E-state index contributed by atoms with van der Waals surface area (Å²) in [7, 11) is 0. The third-order valence-corrected chi connectivity index (χ3v) is 1.26. The maximum absolute atomic E-state index is 5.20. The van der Waals surface area contributed by atoms with E-state index in [1.807, 2.05) is 12.1 Å². The van der Waals surface area contributed by atoms with Crippen molar-refractivity contribution in [2.24, 2.45) is 0 Å². The molecule has 9 heavy (non-hydrogen) atoms. The molecule has 0 aromatic carbocycles. The lowest BCUT2D eigenvalue weighted by molar-refractivity contribution is 0.409. The van der Waals surface area contributed by atoms with Crippen LogP contribution < -0.4 is 0 Å². The van der Waals surface area contributed by atoms with Crippen LogP contribution >= 0.6 is 0 Å². The van der Waals surface area contributed by atoms with E-state index in [1.54, 1.807) is 6.26 Å². The molecule has 1 aromatic rings. The molecule has 1 heteroatoms. The van der Waals surface area contributed by atoms with Crippen LogP contribution in [0.25, 0.3) is 0 Å². The molecule has 0 unspecified atom stereocenters. The SMILES string of the molecule is CC(C)(C)c1ccco1. The molecule has 0 amide bonds. The molecular formula is C8H12O. The van der Waals surface area contributed by atoms with Crippen molar-refractivity contribution in [3.05, 3.63) is 24.2 Å². The summed E-state index contributed by atoms with van der Waals surface area (Å²) in [4.78, 5) is 0. The Kier molecular flexibility index (Phi) is 1.35. The summed E-state index contributed by atoms with van der Waals surface area (Å²) in [6, 6.07) is 3.92. The third kappa shape index (κ3) is 1.35. The Hall–Kier alpha value is -0.720. The molecule has 0 saturated carbocycles. The molecule has 0 atom stereocenters. The standard InChI is InChI=1S/C8H12O/c1-8(2,3)7-5-4-6-9-7/h4-6H,1-3H3. The zero-order valence-corrected chi connectivity index (χ0v) is 6.14. The van der Waals surface area contributed by atoms with Crippen molar-refractivity contribution < 1.29 is 4.42 Å². The lowest BCUT2D eigenvalue weighted by Crippen LogP contribution is -2.08. The first kappa shape index (κ1) is 6.40. The van der Waals surface area contributed by atoms with Crippen LogP contribution in [0.3, 0.4) is 0 Å². The summed E-state index contributed by atoms with van der Waals surface area (Å²) in [5.41, 5.74) is 0.156. The Morgan fingerprint density at radius 3 is 2.22 bits per heavy atom. The van der Waals surface area contributed by atoms with Gasteiger partial charge in [0.25, 0.3) is 0 Å². The zero-order chi connectivity index (χ0) is 6.91. The van der Waals surface area contributed by atoms with E-state index in [9.17, 15) is 0 Å². The molecule has 0 aliphatic rings. The number of furan rings is 1. The normalized spacial score (nSPS) is 11.9. The Balaban J connectivity index is 2.90. The minimum Gasteiger partial charge on any atom is -0.469 e. The van der Waals surface area contributed by atoms with Crippen LogP contribution in [0.15, 0.2) is 22.8 Å². The third-order valence-electron chi connectivity index (χ3n) is 1.26. The average Bonchev–Trinajstić information content (AvgIpc) is 2.08. The van der Waals surface area contributed by atoms with Crippen LogP contribution in [0.4, 0.5) is 0 Å². The Labute approximate surface area is 55.7 Å². The molecule has 0 aliphatic carbocycles. The maximum atomic E-state index is 5.20. The molecule has 1 heterocycles. The smallest absolute Gasteiger partial charge is 0.109 e. The van der Waals surface area contributed by atoms with Gasteiger partial charge in [-0.15, -0.1) is 0 Å². The lowest BCUT2D eigenvalue weighted by Gasteiger charge is -2.13. The van der Waals surface area contributed by atoms with Crippen LogP contribution in [0, 0.1) is 0 Å². The molecule has 0 radical (unpaired) electrons. The van der Waals surface area contributed by atoms with Gasteiger partial charge in [-0.3, -0.25) is 0 Å². The van der Waals surface area contributed by atoms with Gasteiger partial charge in [-0.1, -0.05) is 20.8 Å². The number of hydrogen-bond acceptors (Lipinski definition) is 1. The van der Waals surface area contributed by atoms with Gasteiger partial charge in [0, 0.05) is 5.41 Å². The van der Waals surface area contributed by atoms with Crippen LogP contribution in [0.1, 0.15) is 26.5 Å². The molecular weight excluding hydrogens is 112 g/mol. The fraction of sp³-hybridized carbons (Fsp3) is 0.500. The van der Waals surface area contributed by atoms with E-state index in [0.717, 1.165) is 5.76 Å². The zero-order valence-electron chi connectivity index (χ0n) is 6.14. The number of rotatable bonds is 0. The first-order valence-electron chi connectivity index (χ1n) is 3.15. The predicted molar refractivity (Wildman–Crippen MR) is 37.4 cm³/mol. The largest absolute Gasteiger partial charge is 0.469 e. The van der Waals surface area contributed by atoms with Crippen molar-refractivity contribution in [3.63, 3.8) is 0 Å². The minimum absolute atomic E-state index is 0.156. The fourth-order valence-corrected chi connectivity index (χ4v) is 0.705. The molecule has 0 N–H and O–H groups in total. The van der Waals surface area contributed by atoms with Gasteiger partial charge in [-0.2, -0.15) is 0 Å². The molecule has 1 nitrogen and oxygen atoms in total. The van der Waals surface area contributed by atoms with E-state index in [-0.39, 0.29) is 5.41 Å². The summed E-state index contributed by atoms with van der Waals surface area (Å²) in [6.07, 6.45) is 1.71. The molecule has 0 spiro atoms. The number of hydrogen-bond donors (Lipinski definition) is 0. The molecule has 0 aliphatic heterocycles. The average molecular weight is 124 g/mol. The highest BCUT2D eigenvalue weighted by Gasteiger charge is 2.15. The summed E-state index contributed by atoms with van der Waals surface area (Å²) in [6.45, 7) is 6.39. The van der Waals surface area contributed by atoms with Gasteiger partial charge in [-0.25, -0.2) is 0 Å². The lowest BCUT2D eigenvalue weighted by atomic mass is 9.94. The van der Waals surface area contributed by atoms with Gasteiger partial charge in [0.2, 0.25) is 0 Å². The van der Waals surface area contributed by atoms with Crippen molar-refractivity contribution in [2.75, 3.05) is 0 Å². The van der Waals surface area contributed by atoms with E-state index in [1.165, 1.54) is 0 Å². The summed E-state index contributed by atoms with van der Waals surface area (Å²) in [5.74, 6) is 1.04. The monoisotopic (exact) mass is 124 g/mol. The predicted octanol–water partition coefficient (Wildman–Crippen LogP) is 2.58. The van der Waals surface area contributed by atoms with Gasteiger partial charge in [0.1, 0.15) is 5.76 Å². The van der Waals surface area contributed by atoms with Crippen molar-refractivity contribution in [1.82, 2.24) is 0 Å². The van der Waals surface area contributed by atoms with Gasteiger partial charge in [-0.05, 0) is 12.1 Å². The van der Waals surface area contributed by atoms with Crippen molar-refractivity contribution in [1.29, 1.82) is 0 Å². The van der Waals surface area contributed by atoms with E-state index in [2.05, 4.69) is 20.8 Å². The van der Waals surface area contributed by atoms with Crippen molar-refractivity contribution >= 4 is 0 Å². The molecule has 0 bridgehead atoms. The minimum atomic E-state index is 0.156. The van der Waals surface area contributed by atoms with Crippen molar-refractivity contribution in [2.45, 2.75) is 26.2 Å².